The molecule has 1 fully saturated rings. The van der Waals surface area contributed by atoms with Crippen molar-refractivity contribution in [2.75, 3.05) is 13.1 Å². The van der Waals surface area contributed by atoms with Crippen LogP contribution >= 0.6 is 34.5 Å². The summed E-state index contributed by atoms with van der Waals surface area (Å²) in [7, 11) is -3.60. The van der Waals surface area contributed by atoms with Gasteiger partial charge < -0.3 is 5.32 Å². The van der Waals surface area contributed by atoms with E-state index in [0.717, 1.165) is 37.1 Å². The Morgan fingerprint density at radius 3 is 2.76 bits per heavy atom. The fraction of sp³-hybridized carbons (Fsp3) is 0.692. The molecule has 8 heteroatoms. The molecule has 0 spiro atoms. The lowest BCUT2D eigenvalue weighted by Gasteiger charge is -2.38. The summed E-state index contributed by atoms with van der Waals surface area (Å²) in [5.41, 5.74) is 0. The molecule has 0 aliphatic carbocycles. The largest absolute Gasteiger partial charge is 0.313 e. The van der Waals surface area contributed by atoms with Crippen LogP contribution in [0.4, 0.5) is 0 Å². The van der Waals surface area contributed by atoms with E-state index in [0.29, 0.717) is 10.9 Å². The Hall–Kier alpha value is 0.150. The average molecular weight is 371 g/mol. The maximum atomic E-state index is 12.9. The summed E-state index contributed by atoms with van der Waals surface area (Å²) in [6, 6.07) is 1.52. The SMILES string of the molecule is CCNC(C)C1CCCCN1S(=O)(=O)c1cc(Cl)sc1Cl. The van der Waals surface area contributed by atoms with Crippen LogP contribution in [0.3, 0.4) is 0 Å². The van der Waals surface area contributed by atoms with Crippen molar-refractivity contribution in [2.45, 2.75) is 50.1 Å². The van der Waals surface area contributed by atoms with Gasteiger partial charge in [0.25, 0.3) is 0 Å². The van der Waals surface area contributed by atoms with Crippen molar-refractivity contribution >= 4 is 44.6 Å². The second-order valence-corrected chi connectivity index (χ2v) is 9.36. The van der Waals surface area contributed by atoms with Gasteiger partial charge in [-0.3, -0.25) is 0 Å². The number of nitrogens with zero attached hydrogens (tertiary/aromatic N) is 1. The molecule has 4 nitrogen and oxygen atoms in total. The molecule has 2 unspecified atom stereocenters. The summed E-state index contributed by atoms with van der Waals surface area (Å²) >= 11 is 13.0. The first-order valence-electron chi connectivity index (χ1n) is 7.08. The third-order valence-corrected chi connectivity index (χ3v) is 7.49. The highest BCUT2D eigenvalue weighted by atomic mass is 35.5. The molecule has 2 rings (SSSR count). The van der Waals surface area contributed by atoms with Gasteiger partial charge in [0.05, 0.1) is 4.34 Å². The molecule has 1 aliphatic heterocycles. The molecule has 1 N–H and O–H groups in total. The van der Waals surface area contributed by atoms with E-state index < -0.39 is 10.0 Å². The van der Waals surface area contributed by atoms with Gasteiger partial charge in [0.2, 0.25) is 10.0 Å². The zero-order valence-electron chi connectivity index (χ0n) is 12.1. The van der Waals surface area contributed by atoms with Crippen molar-refractivity contribution in [3.8, 4) is 0 Å². The molecule has 2 heterocycles. The molecule has 1 aliphatic rings. The molecule has 1 saturated heterocycles. The molecule has 0 amide bonds. The Bertz CT molecular complexity index is 589. The Morgan fingerprint density at radius 1 is 1.48 bits per heavy atom. The van der Waals surface area contributed by atoms with Crippen molar-refractivity contribution in [3.05, 3.63) is 14.7 Å². The molecule has 0 radical (unpaired) electrons. The van der Waals surface area contributed by atoms with E-state index in [9.17, 15) is 8.42 Å². The lowest BCUT2D eigenvalue weighted by atomic mass is 9.99. The van der Waals surface area contributed by atoms with E-state index >= 15 is 0 Å². The molecule has 0 aromatic carbocycles. The van der Waals surface area contributed by atoms with Crippen LogP contribution in [0, 0.1) is 0 Å². The molecule has 2 atom stereocenters. The molecular weight excluding hydrogens is 351 g/mol. The van der Waals surface area contributed by atoms with Gasteiger partial charge in [-0.1, -0.05) is 36.5 Å². The quantitative estimate of drug-likeness (QED) is 0.861. The number of piperidine rings is 1. The van der Waals surface area contributed by atoms with Crippen LogP contribution in [-0.4, -0.2) is 37.9 Å². The van der Waals surface area contributed by atoms with Gasteiger partial charge in [-0.15, -0.1) is 11.3 Å². The fourth-order valence-corrected chi connectivity index (χ4v) is 6.69. The van der Waals surface area contributed by atoms with Crippen LogP contribution in [-0.2, 0) is 10.0 Å². The van der Waals surface area contributed by atoms with E-state index in [1.54, 1.807) is 4.31 Å². The summed E-state index contributed by atoms with van der Waals surface area (Å²) in [4.78, 5) is 0.134. The molecule has 21 heavy (non-hydrogen) atoms. The number of nitrogens with one attached hydrogen (secondary N) is 1. The first-order valence-corrected chi connectivity index (χ1v) is 10.1. The number of hydrogen-bond donors (Lipinski definition) is 1. The number of rotatable bonds is 5. The first-order chi connectivity index (χ1) is 9.87. The van der Waals surface area contributed by atoms with E-state index in [-0.39, 0.29) is 21.3 Å². The van der Waals surface area contributed by atoms with Gasteiger partial charge in [0.15, 0.2) is 0 Å². The highest BCUT2D eigenvalue weighted by molar-refractivity contribution is 7.89. The summed E-state index contributed by atoms with van der Waals surface area (Å²) in [6.07, 6.45) is 2.79. The van der Waals surface area contributed by atoms with Crippen molar-refractivity contribution in [3.63, 3.8) is 0 Å². The highest BCUT2D eigenvalue weighted by Crippen LogP contribution is 2.37. The predicted octanol–water partition coefficient (Wildman–Crippen LogP) is 3.60. The van der Waals surface area contributed by atoms with Gasteiger partial charge in [0.1, 0.15) is 9.23 Å². The highest BCUT2D eigenvalue weighted by Gasteiger charge is 2.37. The maximum Gasteiger partial charge on any atom is 0.245 e. The third-order valence-electron chi connectivity index (χ3n) is 3.81. The maximum absolute atomic E-state index is 12.9. The minimum absolute atomic E-state index is 0.0431. The van der Waals surface area contributed by atoms with E-state index in [2.05, 4.69) is 5.32 Å². The van der Waals surface area contributed by atoms with Crippen molar-refractivity contribution in [1.29, 1.82) is 0 Å². The summed E-state index contributed by atoms with van der Waals surface area (Å²) in [5, 5.41) is 3.33. The number of halogens is 2. The van der Waals surface area contributed by atoms with Crippen molar-refractivity contribution in [1.82, 2.24) is 9.62 Å². The van der Waals surface area contributed by atoms with Gasteiger partial charge >= 0.3 is 0 Å². The Labute approximate surface area is 140 Å². The van der Waals surface area contributed by atoms with Crippen LogP contribution in [0.2, 0.25) is 8.67 Å². The topological polar surface area (TPSA) is 49.4 Å². The third kappa shape index (κ3) is 3.74. The van der Waals surface area contributed by atoms with Crippen LogP contribution in [0.15, 0.2) is 11.0 Å². The smallest absolute Gasteiger partial charge is 0.245 e. The predicted molar refractivity (Wildman–Crippen MR) is 89.0 cm³/mol. The zero-order chi connectivity index (χ0) is 15.6. The molecule has 0 bridgehead atoms. The molecule has 0 saturated carbocycles. The van der Waals surface area contributed by atoms with Gasteiger partial charge in [-0.2, -0.15) is 4.31 Å². The Balaban J connectivity index is 2.34. The van der Waals surface area contributed by atoms with Gasteiger partial charge in [-0.25, -0.2) is 8.42 Å². The van der Waals surface area contributed by atoms with Crippen LogP contribution < -0.4 is 5.32 Å². The summed E-state index contributed by atoms with van der Waals surface area (Å²) in [6.45, 7) is 5.40. The van der Waals surface area contributed by atoms with Crippen molar-refractivity contribution in [2.24, 2.45) is 0 Å². The number of likely N-dealkylation sites (N-methyl/N-ethyl adjacent to an activating group) is 1. The summed E-state index contributed by atoms with van der Waals surface area (Å²) < 4.78 is 28.0. The second-order valence-electron chi connectivity index (χ2n) is 5.21. The minimum Gasteiger partial charge on any atom is -0.313 e. The molecule has 120 valence electrons. The molecule has 1 aromatic rings. The summed E-state index contributed by atoms with van der Waals surface area (Å²) in [5.74, 6) is 0. The van der Waals surface area contributed by atoms with Gasteiger partial charge in [0, 0.05) is 18.6 Å². The molecular formula is C13H20Cl2N2O2S2. The van der Waals surface area contributed by atoms with Gasteiger partial charge in [-0.05, 0) is 32.4 Å². The van der Waals surface area contributed by atoms with Crippen LogP contribution in [0.1, 0.15) is 33.1 Å². The van der Waals surface area contributed by atoms with E-state index in [1.165, 1.54) is 6.07 Å². The second kappa shape index (κ2) is 7.15. The zero-order valence-corrected chi connectivity index (χ0v) is 15.2. The standard InChI is InChI=1S/C13H20Cl2N2O2S2/c1-3-16-9(2)10-6-4-5-7-17(10)21(18,19)11-8-12(14)20-13(11)15/h8-10,16H,3-7H2,1-2H3. The minimum atomic E-state index is -3.60. The lowest BCUT2D eigenvalue weighted by molar-refractivity contribution is 0.210. The number of thiophene rings is 1. The van der Waals surface area contributed by atoms with E-state index in [4.69, 9.17) is 23.2 Å². The number of hydrogen-bond acceptors (Lipinski definition) is 4. The van der Waals surface area contributed by atoms with Crippen molar-refractivity contribution < 1.29 is 8.42 Å². The van der Waals surface area contributed by atoms with E-state index in [1.807, 2.05) is 13.8 Å². The average Bonchev–Trinajstić information content (AvgIpc) is 2.79. The monoisotopic (exact) mass is 370 g/mol. The van der Waals surface area contributed by atoms with Crippen LogP contribution in [0.5, 0.6) is 0 Å². The van der Waals surface area contributed by atoms with Crippen LogP contribution in [0.25, 0.3) is 0 Å². The Morgan fingerprint density at radius 2 is 2.19 bits per heavy atom. The Kier molecular flexibility index (Phi) is 5.96. The fourth-order valence-electron chi connectivity index (χ4n) is 2.81. The lowest BCUT2D eigenvalue weighted by Crippen LogP contribution is -2.53. The number of sulfonamides is 1. The molecule has 1 aromatic heterocycles. The normalized spacial score (nSPS) is 22.4. The first kappa shape index (κ1) is 17.5.